The van der Waals surface area contributed by atoms with Crippen LogP contribution in [0, 0.1) is 0 Å². The highest BCUT2D eigenvalue weighted by Gasteiger charge is 2.04. The monoisotopic (exact) mass is 226 g/mol. The number of hydrogen-bond acceptors (Lipinski definition) is 3. The fraction of sp³-hybridized carbons (Fsp3) is 0.214. The van der Waals surface area contributed by atoms with E-state index in [1.54, 1.807) is 13.0 Å². The minimum atomic E-state index is 0.0528. The lowest BCUT2D eigenvalue weighted by molar-refractivity contribution is 0.101. The van der Waals surface area contributed by atoms with Crippen LogP contribution in [0.15, 0.2) is 36.7 Å². The van der Waals surface area contributed by atoms with Crippen LogP contribution in [0.3, 0.4) is 0 Å². The zero-order chi connectivity index (χ0) is 12.3. The molecule has 3 nitrogen and oxygen atoms in total. The summed E-state index contributed by atoms with van der Waals surface area (Å²) in [7, 11) is 0. The van der Waals surface area contributed by atoms with Crippen molar-refractivity contribution in [3.8, 4) is 11.4 Å². The van der Waals surface area contributed by atoms with Gasteiger partial charge in [-0.15, -0.1) is 0 Å². The topological polar surface area (TPSA) is 42.9 Å². The van der Waals surface area contributed by atoms with Gasteiger partial charge in [0.1, 0.15) is 0 Å². The number of carbonyl (C=O) groups is 1. The van der Waals surface area contributed by atoms with Gasteiger partial charge < -0.3 is 0 Å². The molecule has 0 aliphatic rings. The van der Waals surface area contributed by atoms with Gasteiger partial charge in [-0.2, -0.15) is 0 Å². The fourth-order valence-electron chi connectivity index (χ4n) is 1.56. The number of benzene rings is 1. The second kappa shape index (κ2) is 4.87. The number of Topliss-reactive ketones (excluding diaryl/α,β-unsaturated/α-hetero) is 1. The summed E-state index contributed by atoms with van der Waals surface area (Å²) in [6.07, 6.45) is 4.57. The molecule has 0 amide bonds. The Morgan fingerprint density at radius 2 is 1.94 bits per heavy atom. The van der Waals surface area contributed by atoms with Gasteiger partial charge >= 0.3 is 0 Å². The lowest BCUT2D eigenvalue weighted by Gasteiger charge is -2.02. The van der Waals surface area contributed by atoms with Gasteiger partial charge in [-0.3, -0.25) is 4.79 Å². The molecule has 0 fully saturated rings. The Morgan fingerprint density at radius 1 is 1.24 bits per heavy atom. The Bertz CT molecular complexity index is 532. The molecule has 0 aliphatic carbocycles. The van der Waals surface area contributed by atoms with Crippen LogP contribution in [0.5, 0.6) is 0 Å². The smallest absolute Gasteiger partial charge is 0.159 e. The molecule has 0 saturated heterocycles. The van der Waals surface area contributed by atoms with Crippen LogP contribution in [0.25, 0.3) is 11.4 Å². The van der Waals surface area contributed by atoms with E-state index in [-0.39, 0.29) is 5.78 Å². The van der Waals surface area contributed by atoms with E-state index in [1.807, 2.05) is 30.6 Å². The van der Waals surface area contributed by atoms with E-state index in [1.165, 1.54) is 0 Å². The molecular weight excluding hydrogens is 212 g/mol. The SMILES string of the molecule is CCc1cnc(-c2cccc(C(C)=O)c2)nc1. The van der Waals surface area contributed by atoms with Crippen molar-refractivity contribution in [1.29, 1.82) is 0 Å². The fourth-order valence-corrected chi connectivity index (χ4v) is 1.56. The van der Waals surface area contributed by atoms with Crippen molar-refractivity contribution in [2.45, 2.75) is 20.3 Å². The van der Waals surface area contributed by atoms with Crippen molar-refractivity contribution < 1.29 is 4.79 Å². The largest absolute Gasteiger partial charge is 0.295 e. The highest BCUT2D eigenvalue weighted by Crippen LogP contribution is 2.16. The maximum atomic E-state index is 11.3. The van der Waals surface area contributed by atoms with Crippen molar-refractivity contribution in [2.75, 3.05) is 0 Å². The lowest BCUT2D eigenvalue weighted by atomic mass is 10.1. The second-order valence-corrected chi connectivity index (χ2v) is 3.91. The van der Waals surface area contributed by atoms with E-state index in [0.717, 1.165) is 17.5 Å². The molecule has 0 spiro atoms. The van der Waals surface area contributed by atoms with E-state index < -0.39 is 0 Å². The molecule has 0 aliphatic heterocycles. The summed E-state index contributed by atoms with van der Waals surface area (Å²) < 4.78 is 0. The van der Waals surface area contributed by atoms with Crippen molar-refractivity contribution in [2.24, 2.45) is 0 Å². The third kappa shape index (κ3) is 2.56. The van der Waals surface area contributed by atoms with Gasteiger partial charge in [0.15, 0.2) is 11.6 Å². The van der Waals surface area contributed by atoms with Crippen molar-refractivity contribution in [3.05, 3.63) is 47.8 Å². The first-order valence-corrected chi connectivity index (χ1v) is 5.63. The van der Waals surface area contributed by atoms with Crippen LogP contribution in [-0.2, 0) is 6.42 Å². The number of carbonyl (C=O) groups excluding carboxylic acids is 1. The number of rotatable bonds is 3. The number of aryl methyl sites for hydroxylation is 1. The van der Waals surface area contributed by atoms with Crippen molar-refractivity contribution in [3.63, 3.8) is 0 Å². The Labute approximate surface area is 101 Å². The molecular formula is C14H14N2O. The highest BCUT2D eigenvalue weighted by atomic mass is 16.1. The molecule has 0 N–H and O–H groups in total. The standard InChI is InChI=1S/C14H14N2O/c1-3-11-8-15-14(16-9-11)13-6-4-5-12(7-13)10(2)17/h4-9H,3H2,1-2H3. The van der Waals surface area contributed by atoms with E-state index in [4.69, 9.17) is 0 Å². The molecule has 0 bridgehead atoms. The Hall–Kier alpha value is -2.03. The summed E-state index contributed by atoms with van der Waals surface area (Å²) in [4.78, 5) is 19.9. The third-order valence-corrected chi connectivity index (χ3v) is 2.64. The normalized spacial score (nSPS) is 10.2. The summed E-state index contributed by atoms with van der Waals surface area (Å²) in [6, 6.07) is 7.38. The Balaban J connectivity index is 2.38. The molecule has 17 heavy (non-hydrogen) atoms. The molecule has 2 rings (SSSR count). The average Bonchev–Trinajstić information content (AvgIpc) is 2.39. The van der Waals surface area contributed by atoms with Crippen LogP contribution in [0.1, 0.15) is 29.8 Å². The number of aromatic nitrogens is 2. The Morgan fingerprint density at radius 3 is 2.53 bits per heavy atom. The predicted molar refractivity (Wildman–Crippen MR) is 66.9 cm³/mol. The van der Waals surface area contributed by atoms with Crippen LogP contribution in [0.4, 0.5) is 0 Å². The van der Waals surface area contributed by atoms with Crippen LogP contribution >= 0.6 is 0 Å². The molecule has 0 atom stereocenters. The number of hydrogen-bond donors (Lipinski definition) is 0. The first kappa shape index (κ1) is 11.5. The first-order valence-electron chi connectivity index (χ1n) is 5.63. The van der Waals surface area contributed by atoms with Crippen LogP contribution < -0.4 is 0 Å². The van der Waals surface area contributed by atoms with E-state index in [0.29, 0.717) is 11.4 Å². The Kier molecular flexibility index (Phi) is 3.28. The molecule has 0 radical (unpaired) electrons. The van der Waals surface area contributed by atoms with Gasteiger partial charge in [-0.1, -0.05) is 25.1 Å². The molecule has 86 valence electrons. The van der Waals surface area contributed by atoms with Gasteiger partial charge in [0.2, 0.25) is 0 Å². The molecule has 0 saturated carbocycles. The first-order chi connectivity index (χ1) is 8.20. The summed E-state index contributed by atoms with van der Waals surface area (Å²) in [5, 5.41) is 0. The summed E-state index contributed by atoms with van der Waals surface area (Å²) >= 11 is 0. The number of nitrogens with zero attached hydrogens (tertiary/aromatic N) is 2. The molecule has 2 aromatic rings. The predicted octanol–water partition coefficient (Wildman–Crippen LogP) is 2.91. The maximum absolute atomic E-state index is 11.3. The van der Waals surface area contributed by atoms with Crippen LogP contribution in [-0.4, -0.2) is 15.8 Å². The minimum Gasteiger partial charge on any atom is -0.295 e. The lowest BCUT2D eigenvalue weighted by Crippen LogP contribution is -1.95. The van der Waals surface area contributed by atoms with Crippen molar-refractivity contribution >= 4 is 5.78 Å². The van der Waals surface area contributed by atoms with Gasteiger partial charge in [0.05, 0.1) is 0 Å². The molecule has 1 aromatic carbocycles. The van der Waals surface area contributed by atoms with Crippen LogP contribution in [0.2, 0.25) is 0 Å². The molecule has 3 heteroatoms. The van der Waals surface area contributed by atoms with Gasteiger partial charge in [0.25, 0.3) is 0 Å². The summed E-state index contributed by atoms with van der Waals surface area (Å²) in [5.74, 6) is 0.710. The van der Waals surface area contributed by atoms with Gasteiger partial charge in [0, 0.05) is 23.5 Å². The van der Waals surface area contributed by atoms with Gasteiger partial charge in [-0.25, -0.2) is 9.97 Å². The zero-order valence-corrected chi connectivity index (χ0v) is 9.97. The summed E-state index contributed by atoms with van der Waals surface area (Å²) in [6.45, 7) is 3.62. The average molecular weight is 226 g/mol. The molecule has 1 aromatic heterocycles. The van der Waals surface area contributed by atoms with Gasteiger partial charge in [-0.05, 0) is 25.0 Å². The van der Waals surface area contributed by atoms with E-state index in [2.05, 4.69) is 16.9 Å². The highest BCUT2D eigenvalue weighted by molar-refractivity contribution is 5.95. The van der Waals surface area contributed by atoms with Crippen molar-refractivity contribution in [1.82, 2.24) is 9.97 Å². The van der Waals surface area contributed by atoms with E-state index in [9.17, 15) is 4.79 Å². The number of ketones is 1. The molecule has 1 heterocycles. The van der Waals surface area contributed by atoms with E-state index >= 15 is 0 Å². The zero-order valence-electron chi connectivity index (χ0n) is 9.97. The third-order valence-electron chi connectivity index (χ3n) is 2.64. The summed E-state index contributed by atoms with van der Waals surface area (Å²) in [5.41, 5.74) is 2.67. The quantitative estimate of drug-likeness (QED) is 0.756. The molecule has 0 unspecified atom stereocenters. The minimum absolute atomic E-state index is 0.0528. The maximum Gasteiger partial charge on any atom is 0.159 e. The second-order valence-electron chi connectivity index (χ2n) is 3.91.